The predicted octanol–water partition coefficient (Wildman–Crippen LogP) is 6.35. The molecule has 0 heterocycles. The van der Waals surface area contributed by atoms with Gasteiger partial charge in [0.05, 0.1) is 0 Å². The summed E-state index contributed by atoms with van der Waals surface area (Å²) in [5.74, 6) is 2.49. The van der Waals surface area contributed by atoms with E-state index < -0.39 is 0 Å². The van der Waals surface area contributed by atoms with E-state index >= 15 is 0 Å². The van der Waals surface area contributed by atoms with Crippen LogP contribution in [0.5, 0.6) is 0 Å². The van der Waals surface area contributed by atoms with Crippen molar-refractivity contribution in [3.8, 4) is 0 Å². The highest BCUT2D eigenvalue weighted by Crippen LogP contribution is 2.17. The van der Waals surface area contributed by atoms with E-state index in [1.807, 2.05) is 0 Å². The third-order valence-corrected chi connectivity index (χ3v) is 5.09. The van der Waals surface area contributed by atoms with Crippen molar-refractivity contribution in [2.45, 2.75) is 57.6 Å². The second-order valence-electron chi connectivity index (χ2n) is 5.14. The number of alkyl halides is 1. The number of unbranched alkanes of at least 4 members (excludes halogenated alkanes) is 6. The molecule has 1 aromatic rings. The van der Waals surface area contributed by atoms with Crippen molar-refractivity contribution in [3.63, 3.8) is 0 Å². The molecule has 1 rings (SSSR count). The summed E-state index contributed by atoms with van der Waals surface area (Å²) in [5, 5.41) is 1.17. The molecule has 0 N–H and O–H groups in total. The molecule has 0 saturated heterocycles. The van der Waals surface area contributed by atoms with Crippen molar-refractivity contribution in [2.75, 3.05) is 11.1 Å². The third-order valence-electron chi connectivity index (χ3n) is 3.44. The van der Waals surface area contributed by atoms with Gasteiger partial charge in [-0.2, -0.15) is 11.8 Å². The molecule has 0 fully saturated rings. The highest BCUT2D eigenvalue weighted by atomic mass is 79.9. The van der Waals surface area contributed by atoms with Gasteiger partial charge in [-0.25, -0.2) is 0 Å². The Bertz CT molecular complexity index is 325. The molecule has 19 heavy (non-hydrogen) atoms. The number of rotatable bonds is 11. The number of hydrogen-bond acceptors (Lipinski definition) is 1. The lowest BCUT2D eigenvalue weighted by molar-refractivity contribution is 0.606. The van der Waals surface area contributed by atoms with Gasteiger partial charge in [0.2, 0.25) is 0 Å². The van der Waals surface area contributed by atoms with E-state index in [4.69, 9.17) is 0 Å². The molecule has 0 unspecified atom stereocenters. The minimum absolute atomic E-state index is 1.17. The first-order valence-corrected chi connectivity index (χ1v) is 9.80. The maximum absolute atomic E-state index is 3.48. The Morgan fingerprint density at radius 1 is 0.895 bits per heavy atom. The smallest absolute Gasteiger partial charge is 0.0187 e. The molecule has 0 aliphatic carbocycles. The second-order valence-corrected chi connectivity index (χ2v) is 7.04. The molecule has 2 heteroatoms. The minimum atomic E-state index is 1.17. The van der Waals surface area contributed by atoms with Crippen molar-refractivity contribution in [1.82, 2.24) is 0 Å². The van der Waals surface area contributed by atoms with Gasteiger partial charge >= 0.3 is 0 Å². The Balaban J connectivity index is 1.90. The Morgan fingerprint density at radius 2 is 1.53 bits per heavy atom. The second kappa shape index (κ2) is 11.8. The summed E-state index contributed by atoms with van der Waals surface area (Å²) < 4.78 is 0. The highest BCUT2D eigenvalue weighted by Gasteiger charge is 1.97. The number of hydrogen-bond donors (Lipinski definition) is 0. The molecular formula is C17H27BrS. The number of halogens is 1. The molecular weight excluding hydrogens is 316 g/mol. The average molecular weight is 343 g/mol. The lowest BCUT2D eigenvalue weighted by Crippen LogP contribution is -1.88. The number of aryl methyl sites for hydroxylation is 1. The number of benzene rings is 1. The van der Waals surface area contributed by atoms with Crippen LogP contribution in [-0.4, -0.2) is 11.1 Å². The van der Waals surface area contributed by atoms with Crippen LogP contribution in [0.15, 0.2) is 24.3 Å². The van der Waals surface area contributed by atoms with Crippen LogP contribution in [0.3, 0.4) is 0 Å². The largest absolute Gasteiger partial charge is 0.157 e. The highest BCUT2D eigenvalue weighted by molar-refractivity contribution is 9.09. The van der Waals surface area contributed by atoms with Crippen LogP contribution in [0.25, 0.3) is 0 Å². The zero-order valence-corrected chi connectivity index (χ0v) is 14.6. The monoisotopic (exact) mass is 342 g/mol. The van der Waals surface area contributed by atoms with E-state index in [0.717, 1.165) is 0 Å². The molecule has 0 saturated carbocycles. The lowest BCUT2D eigenvalue weighted by atomic mass is 10.1. The first-order valence-electron chi connectivity index (χ1n) is 7.53. The average Bonchev–Trinajstić information content (AvgIpc) is 2.43. The van der Waals surface area contributed by atoms with Gasteiger partial charge in [0.25, 0.3) is 0 Å². The zero-order valence-electron chi connectivity index (χ0n) is 12.2. The van der Waals surface area contributed by atoms with Crippen LogP contribution >= 0.6 is 27.7 Å². The van der Waals surface area contributed by atoms with E-state index in [1.54, 1.807) is 0 Å². The van der Waals surface area contributed by atoms with E-state index in [2.05, 4.69) is 58.9 Å². The van der Waals surface area contributed by atoms with E-state index in [-0.39, 0.29) is 0 Å². The maximum atomic E-state index is 3.48. The summed E-state index contributed by atoms with van der Waals surface area (Å²) in [6.45, 7) is 2.21. The zero-order chi connectivity index (χ0) is 13.8. The summed E-state index contributed by atoms with van der Waals surface area (Å²) in [7, 11) is 0. The fourth-order valence-electron chi connectivity index (χ4n) is 2.14. The fraction of sp³-hybridized carbons (Fsp3) is 0.647. The van der Waals surface area contributed by atoms with Crippen molar-refractivity contribution in [2.24, 2.45) is 0 Å². The predicted molar refractivity (Wildman–Crippen MR) is 93.5 cm³/mol. The molecule has 0 aromatic heterocycles. The topological polar surface area (TPSA) is 0 Å². The van der Waals surface area contributed by atoms with Crippen LogP contribution in [0, 0.1) is 6.92 Å². The lowest BCUT2D eigenvalue weighted by Gasteiger charge is -2.05. The van der Waals surface area contributed by atoms with Crippen molar-refractivity contribution >= 4 is 27.7 Å². The van der Waals surface area contributed by atoms with Gasteiger partial charge in [0, 0.05) is 11.1 Å². The Morgan fingerprint density at radius 3 is 2.21 bits per heavy atom. The minimum Gasteiger partial charge on any atom is -0.157 e. The third kappa shape index (κ3) is 8.75. The fourth-order valence-corrected chi connectivity index (χ4v) is 3.63. The van der Waals surface area contributed by atoms with E-state index in [9.17, 15) is 0 Å². The quantitative estimate of drug-likeness (QED) is 0.333. The summed E-state index contributed by atoms with van der Waals surface area (Å²) >= 11 is 5.57. The van der Waals surface area contributed by atoms with Crippen molar-refractivity contribution in [3.05, 3.63) is 35.4 Å². The van der Waals surface area contributed by atoms with E-state index in [1.165, 1.54) is 72.9 Å². The van der Waals surface area contributed by atoms with Gasteiger partial charge in [-0.15, -0.1) is 0 Å². The molecule has 0 bridgehead atoms. The van der Waals surface area contributed by atoms with Crippen LogP contribution in [0.2, 0.25) is 0 Å². The SMILES string of the molecule is Cc1ccccc1CSCCCCCCCCCBr. The molecule has 0 nitrogen and oxygen atoms in total. The molecule has 1 aromatic carbocycles. The Hall–Kier alpha value is 0.0500. The molecule has 0 spiro atoms. The van der Waals surface area contributed by atoms with Crippen LogP contribution in [0.1, 0.15) is 56.1 Å². The van der Waals surface area contributed by atoms with E-state index in [0.29, 0.717) is 0 Å². The molecule has 0 aliphatic heterocycles. The number of thioether (sulfide) groups is 1. The van der Waals surface area contributed by atoms with Gasteiger partial charge in [0.15, 0.2) is 0 Å². The van der Waals surface area contributed by atoms with Crippen LogP contribution in [-0.2, 0) is 5.75 Å². The maximum Gasteiger partial charge on any atom is 0.0187 e. The van der Waals surface area contributed by atoms with Crippen LogP contribution in [0.4, 0.5) is 0 Å². The standard InChI is InChI=1S/C17H27BrS/c1-16-11-7-8-12-17(16)15-19-14-10-6-4-2-3-5-9-13-18/h7-8,11-12H,2-6,9-10,13-15H2,1H3. The Labute approximate surface area is 131 Å². The van der Waals surface area contributed by atoms with Gasteiger partial charge < -0.3 is 0 Å². The summed E-state index contributed by atoms with van der Waals surface area (Å²) in [6.07, 6.45) is 9.80. The molecule has 108 valence electrons. The summed E-state index contributed by atoms with van der Waals surface area (Å²) in [5.41, 5.74) is 2.93. The first-order chi connectivity index (χ1) is 9.34. The summed E-state index contributed by atoms with van der Waals surface area (Å²) in [4.78, 5) is 0. The molecule has 0 atom stereocenters. The normalized spacial score (nSPS) is 10.8. The van der Waals surface area contributed by atoms with Gasteiger partial charge in [-0.3, -0.25) is 0 Å². The molecule has 0 radical (unpaired) electrons. The van der Waals surface area contributed by atoms with Gasteiger partial charge in [-0.1, -0.05) is 72.3 Å². The Kier molecular flexibility index (Phi) is 10.7. The molecule has 0 amide bonds. The summed E-state index contributed by atoms with van der Waals surface area (Å²) in [6, 6.07) is 8.74. The first kappa shape index (κ1) is 17.1. The van der Waals surface area contributed by atoms with Crippen molar-refractivity contribution in [1.29, 1.82) is 0 Å². The van der Waals surface area contributed by atoms with Crippen molar-refractivity contribution < 1.29 is 0 Å². The molecule has 0 aliphatic rings. The van der Waals surface area contributed by atoms with Gasteiger partial charge in [-0.05, 0) is 36.6 Å². The van der Waals surface area contributed by atoms with Crippen LogP contribution < -0.4 is 0 Å². The van der Waals surface area contributed by atoms with Gasteiger partial charge in [0.1, 0.15) is 0 Å².